The van der Waals surface area contributed by atoms with Crippen molar-refractivity contribution in [2.24, 2.45) is 0 Å². The van der Waals surface area contributed by atoms with Gasteiger partial charge in [-0.05, 0) is 6.42 Å². The summed E-state index contributed by atoms with van der Waals surface area (Å²) in [6, 6.07) is 0.670. The van der Waals surface area contributed by atoms with Crippen LogP contribution in [-0.2, 0) is 10.2 Å². The number of aliphatic hydroxyl groups excluding tert-OH is 1. The Bertz CT molecular complexity index is 551. The van der Waals surface area contributed by atoms with E-state index in [0.29, 0.717) is 6.07 Å². The molecule has 2 N–H and O–H groups in total. The lowest BCUT2D eigenvalue weighted by Crippen LogP contribution is -2.34. The maximum atomic E-state index is 13.3. The van der Waals surface area contributed by atoms with E-state index in [1.807, 2.05) is 0 Å². The van der Waals surface area contributed by atoms with E-state index < -0.39 is 33.3 Å². The van der Waals surface area contributed by atoms with Gasteiger partial charge in [-0.25, -0.2) is 13.2 Å². The molecule has 0 atom stereocenters. The molecule has 5 nitrogen and oxygen atoms in total. The Morgan fingerprint density at radius 2 is 1.79 bits per heavy atom. The number of nitrogens with one attached hydrogen (secondary N) is 1. The van der Waals surface area contributed by atoms with Crippen molar-refractivity contribution < 1.29 is 26.7 Å². The first kappa shape index (κ1) is 15.7. The zero-order chi connectivity index (χ0) is 14.6. The molecule has 0 unspecified atom stereocenters. The van der Waals surface area contributed by atoms with Gasteiger partial charge in [0.25, 0.3) is 0 Å². The number of halogens is 3. The summed E-state index contributed by atoms with van der Waals surface area (Å²) in [5.74, 6) is -4.00. The fraction of sp³-hybridized carbons (Fsp3) is 0.400. The lowest BCUT2D eigenvalue weighted by Gasteiger charge is -2.18. The zero-order valence-corrected chi connectivity index (χ0v) is 10.8. The van der Waals surface area contributed by atoms with Gasteiger partial charge in [0, 0.05) is 32.3 Å². The van der Waals surface area contributed by atoms with E-state index in [2.05, 4.69) is 0 Å². The van der Waals surface area contributed by atoms with Crippen molar-refractivity contribution in [3.8, 4) is 0 Å². The van der Waals surface area contributed by atoms with Gasteiger partial charge in [0.15, 0.2) is 11.6 Å². The predicted octanol–water partition coefficient (Wildman–Crippen LogP) is 1.07. The summed E-state index contributed by atoms with van der Waals surface area (Å²) in [4.78, 5) is 0. The SMILES string of the molecule is CN(CCCO)S(=O)(=O)Nc1cc(F)c(F)cc1F. The number of benzene rings is 1. The van der Waals surface area contributed by atoms with Gasteiger partial charge in [-0.2, -0.15) is 12.7 Å². The van der Waals surface area contributed by atoms with Gasteiger partial charge in [-0.1, -0.05) is 0 Å². The quantitative estimate of drug-likeness (QED) is 0.772. The fourth-order valence-corrected chi connectivity index (χ4v) is 2.19. The Labute approximate surface area is 108 Å². The van der Waals surface area contributed by atoms with Crippen LogP contribution < -0.4 is 4.72 Å². The lowest BCUT2D eigenvalue weighted by atomic mass is 10.3. The lowest BCUT2D eigenvalue weighted by molar-refractivity contribution is 0.276. The topological polar surface area (TPSA) is 69.6 Å². The summed E-state index contributed by atoms with van der Waals surface area (Å²) < 4.78 is 64.9. The highest BCUT2D eigenvalue weighted by molar-refractivity contribution is 7.90. The molecule has 0 radical (unpaired) electrons. The van der Waals surface area contributed by atoms with Crippen LogP contribution in [0.1, 0.15) is 6.42 Å². The molecule has 0 spiro atoms. The fourth-order valence-electron chi connectivity index (χ4n) is 1.23. The first-order valence-corrected chi connectivity index (χ1v) is 6.71. The third-order valence-corrected chi connectivity index (χ3v) is 3.77. The highest BCUT2D eigenvalue weighted by Gasteiger charge is 2.20. The van der Waals surface area contributed by atoms with Crippen LogP contribution >= 0.6 is 0 Å². The van der Waals surface area contributed by atoms with E-state index >= 15 is 0 Å². The Morgan fingerprint density at radius 1 is 1.21 bits per heavy atom. The molecule has 1 aromatic rings. The summed E-state index contributed by atoms with van der Waals surface area (Å²) >= 11 is 0. The Balaban J connectivity index is 2.92. The van der Waals surface area contributed by atoms with E-state index in [9.17, 15) is 21.6 Å². The summed E-state index contributed by atoms with van der Waals surface area (Å²) in [5, 5.41) is 8.59. The minimum Gasteiger partial charge on any atom is -0.396 e. The smallest absolute Gasteiger partial charge is 0.301 e. The van der Waals surface area contributed by atoms with Crippen LogP contribution in [0.3, 0.4) is 0 Å². The highest BCUT2D eigenvalue weighted by atomic mass is 32.2. The molecule has 0 aliphatic carbocycles. The molecule has 0 saturated heterocycles. The second kappa shape index (κ2) is 6.22. The predicted molar refractivity (Wildman–Crippen MR) is 63.2 cm³/mol. The maximum Gasteiger partial charge on any atom is 0.301 e. The molecule has 0 aromatic heterocycles. The molecular formula is C10H13F3N2O3S. The molecule has 0 aliphatic heterocycles. The summed E-state index contributed by atoms with van der Waals surface area (Å²) in [5.41, 5.74) is -0.685. The molecule has 0 heterocycles. The Kier molecular flexibility index (Phi) is 5.15. The molecule has 19 heavy (non-hydrogen) atoms. The average Bonchev–Trinajstić information content (AvgIpc) is 2.32. The standard InChI is InChI=1S/C10H13F3N2O3S/c1-15(3-2-4-16)19(17,18)14-10-6-8(12)7(11)5-9(10)13/h5-6,14,16H,2-4H2,1H3. The molecule has 1 aromatic carbocycles. The van der Waals surface area contributed by atoms with Crippen LogP contribution in [0.2, 0.25) is 0 Å². The highest BCUT2D eigenvalue weighted by Crippen LogP contribution is 2.20. The number of anilines is 1. The Hall–Kier alpha value is -1.32. The van der Waals surface area contributed by atoms with Gasteiger partial charge >= 0.3 is 10.2 Å². The number of hydrogen-bond acceptors (Lipinski definition) is 3. The molecule has 0 amide bonds. The Morgan fingerprint density at radius 3 is 2.37 bits per heavy atom. The van der Waals surface area contributed by atoms with Crippen molar-refractivity contribution in [3.05, 3.63) is 29.6 Å². The van der Waals surface area contributed by atoms with E-state index in [-0.39, 0.29) is 25.6 Å². The molecule has 108 valence electrons. The monoisotopic (exact) mass is 298 g/mol. The van der Waals surface area contributed by atoms with Crippen LogP contribution in [0.15, 0.2) is 12.1 Å². The van der Waals surface area contributed by atoms with Gasteiger partial charge in [0.2, 0.25) is 0 Å². The van der Waals surface area contributed by atoms with Gasteiger partial charge in [0.1, 0.15) is 5.82 Å². The molecule has 9 heteroatoms. The molecule has 0 aliphatic rings. The minimum absolute atomic E-state index is 0.00285. The molecular weight excluding hydrogens is 285 g/mol. The third-order valence-electron chi connectivity index (χ3n) is 2.29. The van der Waals surface area contributed by atoms with Gasteiger partial charge < -0.3 is 5.11 Å². The molecule has 0 bridgehead atoms. The number of nitrogens with zero attached hydrogens (tertiary/aromatic N) is 1. The van der Waals surface area contributed by atoms with Crippen molar-refractivity contribution in [2.75, 3.05) is 24.9 Å². The van der Waals surface area contributed by atoms with Gasteiger partial charge in [-0.3, -0.25) is 4.72 Å². The summed E-state index contributed by atoms with van der Waals surface area (Å²) in [7, 11) is -2.89. The summed E-state index contributed by atoms with van der Waals surface area (Å²) in [6.45, 7) is -0.212. The van der Waals surface area contributed by atoms with Crippen molar-refractivity contribution in [1.29, 1.82) is 0 Å². The van der Waals surface area contributed by atoms with Crippen molar-refractivity contribution in [1.82, 2.24) is 4.31 Å². The second-order valence-corrected chi connectivity index (χ2v) is 5.53. The van der Waals surface area contributed by atoms with E-state index in [4.69, 9.17) is 5.11 Å². The number of hydrogen-bond donors (Lipinski definition) is 2. The zero-order valence-electron chi connectivity index (χ0n) is 10.0. The van der Waals surface area contributed by atoms with Gasteiger partial charge in [-0.15, -0.1) is 0 Å². The van der Waals surface area contributed by atoms with Crippen LogP contribution in [0.5, 0.6) is 0 Å². The molecule has 0 fully saturated rings. The second-order valence-electron chi connectivity index (χ2n) is 3.75. The van der Waals surface area contributed by atoms with E-state index in [1.54, 1.807) is 4.72 Å². The van der Waals surface area contributed by atoms with E-state index in [1.165, 1.54) is 7.05 Å². The van der Waals surface area contributed by atoms with Gasteiger partial charge in [0.05, 0.1) is 5.69 Å². The van der Waals surface area contributed by atoms with Crippen LogP contribution in [0.4, 0.5) is 18.9 Å². The number of rotatable bonds is 6. The normalized spacial score (nSPS) is 11.9. The van der Waals surface area contributed by atoms with Crippen LogP contribution in [0, 0.1) is 17.5 Å². The molecule has 1 rings (SSSR count). The van der Waals surface area contributed by atoms with Crippen LogP contribution in [0.25, 0.3) is 0 Å². The van der Waals surface area contributed by atoms with Crippen molar-refractivity contribution >= 4 is 15.9 Å². The summed E-state index contributed by atoms with van der Waals surface area (Å²) in [6.07, 6.45) is 0.192. The largest absolute Gasteiger partial charge is 0.396 e. The maximum absolute atomic E-state index is 13.3. The molecule has 0 saturated carbocycles. The number of aliphatic hydroxyl groups is 1. The first-order valence-electron chi connectivity index (χ1n) is 5.27. The first-order chi connectivity index (χ1) is 8.77. The van der Waals surface area contributed by atoms with Crippen LogP contribution in [-0.4, -0.2) is 38.0 Å². The third kappa shape index (κ3) is 4.08. The van der Waals surface area contributed by atoms with E-state index in [0.717, 1.165) is 4.31 Å². The van der Waals surface area contributed by atoms with Crippen molar-refractivity contribution in [3.63, 3.8) is 0 Å². The average molecular weight is 298 g/mol. The van der Waals surface area contributed by atoms with Crippen molar-refractivity contribution in [2.45, 2.75) is 6.42 Å². The minimum atomic E-state index is -4.09.